The highest BCUT2D eigenvalue weighted by atomic mass is 32.2. The summed E-state index contributed by atoms with van der Waals surface area (Å²) in [6, 6.07) is 46.9. The Morgan fingerprint density at radius 2 is 1.35 bits per heavy atom. The number of β-lactam (4-membered cyclic amide) rings is 1. The summed E-state index contributed by atoms with van der Waals surface area (Å²) in [5.74, 6) is 1.52. The Hall–Kier alpha value is -5.25. The minimum Gasteiger partial charge on any atom is -0.489 e. The van der Waals surface area contributed by atoms with Crippen LogP contribution in [0.4, 0.5) is 0 Å². The van der Waals surface area contributed by atoms with Gasteiger partial charge in [-0.1, -0.05) is 133 Å². The van der Waals surface area contributed by atoms with Gasteiger partial charge >= 0.3 is 0 Å². The second kappa shape index (κ2) is 13.5. The Morgan fingerprint density at radius 1 is 0.765 bits per heavy atom. The van der Waals surface area contributed by atoms with E-state index in [-0.39, 0.29) is 22.1 Å². The number of fused-ring (bicyclic) bond motifs is 1. The van der Waals surface area contributed by atoms with Crippen LogP contribution in [0.2, 0.25) is 0 Å². The smallest absolute Gasteiger partial charge is 0.244 e. The van der Waals surface area contributed by atoms with E-state index < -0.39 is 11.6 Å². The first-order valence-corrected chi connectivity index (χ1v) is 18.2. The second-order valence-corrected chi connectivity index (χ2v) is 15.6. The van der Waals surface area contributed by atoms with Crippen LogP contribution in [0.25, 0.3) is 0 Å². The number of tetrazole rings is 1. The number of amides is 1. The summed E-state index contributed by atoms with van der Waals surface area (Å²) in [7, 11) is 0. The van der Waals surface area contributed by atoms with E-state index in [4.69, 9.17) is 4.74 Å². The molecule has 2 saturated heterocycles. The summed E-state index contributed by atoms with van der Waals surface area (Å²) in [6.45, 7) is 7.45. The van der Waals surface area contributed by atoms with Crippen LogP contribution in [0.1, 0.15) is 59.1 Å². The van der Waals surface area contributed by atoms with Gasteiger partial charge in [-0.3, -0.25) is 10.1 Å². The molecule has 2 aliphatic heterocycles. The van der Waals surface area contributed by atoms with Gasteiger partial charge in [0.05, 0.1) is 12.1 Å². The quantitative estimate of drug-likeness (QED) is 0.113. The van der Waals surface area contributed by atoms with Crippen molar-refractivity contribution in [3.05, 3.63) is 179 Å². The third kappa shape index (κ3) is 6.10. The van der Waals surface area contributed by atoms with E-state index >= 15 is 0 Å². The Kier molecular flexibility index (Phi) is 8.69. The predicted molar refractivity (Wildman–Crippen MR) is 200 cm³/mol. The summed E-state index contributed by atoms with van der Waals surface area (Å²) in [5, 5.41) is 16.9. The average molecular weight is 693 g/mol. The van der Waals surface area contributed by atoms with Gasteiger partial charge in [0.15, 0.2) is 5.82 Å². The molecular formula is C42H40N6O2S. The van der Waals surface area contributed by atoms with Gasteiger partial charge in [0.25, 0.3) is 0 Å². The van der Waals surface area contributed by atoms with E-state index in [1.165, 1.54) is 5.56 Å². The van der Waals surface area contributed by atoms with Gasteiger partial charge in [-0.15, -0.1) is 16.9 Å². The standard InChI is InChI=1S/C42H40N6O2S/c1-29-19-23-34(24-20-29)42(32-15-9-5-10-16-32,33-17-11-6-12-18-33)43-36-39(49)48-37(41(2,3)51-40(36)48)38-44-45-46-47(38)27-30-21-25-35(26-22-30)50-28-31-13-7-4-8-14-31/h4-26,36-37,40,43H,27-28H2,1-3H3. The number of aryl methyl sites for hydroxylation is 1. The normalized spacial score (nSPS) is 19.4. The van der Waals surface area contributed by atoms with Gasteiger partial charge in [-0.05, 0) is 71.1 Å². The number of ether oxygens (including phenoxy) is 1. The lowest BCUT2D eigenvalue weighted by atomic mass is 9.75. The van der Waals surface area contributed by atoms with Crippen LogP contribution in [0.3, 0.4) is 0 Å². The van der Waals surface area contributed by atoms with Crippen molar-refractivity contribution in [2.45, 2.75) is 61.7 Å². The SMILES string of the molecule is Cc1ccc(C(NC2C(=O)N3C2SC(C)(C)C3c2nnnn2Cc2ccc(OCc3ccccc3)cc2)(c2ccccc2)c2ccccc2)cc1. The molecule has 3 unspecified atom stereocenters. The molecule has 0 radical (unpaired) electrons. The molecule has 3 atom stereocenters. The fourth-order valence-corrected chi connectivity index (χ4v) is 9.08. The summed E-state index contributed by atoms with van der Waals surface area (Å²) in [5.41, 5.74) is 5.81. The number of carbonyl (C=O) groups excluding carboxylic acids is 1. The maximum absolute atomic E-state index is 14.5. The molecule has 1 amide bonds. The van der Waals surface area contributed by atoms with Gasteiger partial charge in [0.2, 0.25) is 5.91 Å². The van der Waals surface area contributed by atoms with Crippen molar-refractivity contribution in [1.29, 1.82) is 0 Å². The average Bonchev–Trinajstić information content (AvgIpc) is 3.72. The van der Waals surface area contributed by atoms with Crippen molar-refractivity contribution in [3.8, 4) is 5.75 Å². The van der Waals surface area contributed by atoms with Gasteiger partial charge in [-0.25, -0.2) is 4.68 Å². The molecule has 5 aromatic carbocycles. The fraction of sp³-hybridized carbons (Fsp3) is 0.238. The molecule has 2 fully saturated rings. The minimum atomic E-state index is -0.760. The zero-order valence-corrected chi connectivity index (χ0v) is 29.7. The van der Waals surface area contributed by atoms with Crippen LogP contribution in [-0.2, 0) is 23.5 Å². The Balaban J connectivity index is 1.07. The maximum Gasteiger partial charge on any atom is 0.244 e. The molecule has 6 aromatic rings. The van der Waals surface area contributed by atoms with E-state index in [0.29, 0.717) is 19.0 Å². The van der Waals surface area contributed by atoms with Gasteiger partial charge in [0, 0.05) is 4.75 Å². The lowest BCUT2D eigenvalue weighted by molar-refractivity contribution is -0.150. The summed E-state index contributed by atoms with van der Waals surface area (Å²) in [6.07, 6.45) is 0. The van der Waals surface area contributed by atoms with E-state index in [1.807, 2.05) is 64.2 Å². The molecule has 0 spiro atoms. The topological polar surface area (TPSA) is 85.2 Å². The first-order valence-electron chi connectivity index (χ1n) is 17.3. The highest BCUT2D eigenvalue weighted by Crippen LogP contribution is 2.57. The molecule has 2 aliphatic rings. The number of hydrogen-bond donors (Lipinski definition) is 1. The van der Waals surface area contributed by atoms with Crippen molar-refractivity contribution < 1.29 is 9.53 Å². The molecule has 9 heteroatoms. The Labute approximate surface area is 302 Å². The number of thioether (sulfide) groups is 1. The molecule has 0 saturated carbocycles. The van der Waals surface area contributed by atoms with Gasteiger partial charge in [-0.2, -0.15) is 0 Å². The van der Waals surface area contributed by atoms with Crippen molar-refractivity contribution in [1.82, 2.24) is 30.4 Å². The van der Waals surface area contributed by atoms with Crippen LogP contribution < -0.4 is 10.1 Å². The van der Waals surface area contributed by atoms with E-state index in [0.717, 1.165) is 33.6 Å². The molecule has 256 valence electrons. The molecule has 8 rings (SSSR count). The van der Waals surface area contributed by atoms with Crippen LogP contribution in [0.5, 0.6) is 5.75 Å². The van der Waals surface area contributed by atoms with Crippen LogP contribution >= 0.6 is 11.8 Å². The van der Waals surface area contributed by atoms with E-state index in [9.17, 15) is 4.79 Å². The molecule has 3 heterocycles. The highest BCUT2D eigenvalue weighted by Gasteiger charge is 2.64. The second-order valence-electron chi connectivity index (χ2n) is 13.8. The number of hydrogen-bond acceptors (Lipinski definition) is 7. The van der Waals surface area contributed by atoms with E-state index in [2.05, 4.69) is 127 Å². The van der Waals surface area contributed by atoms with Crippen molar-refractivity contribution >= 4 is 17.7 Å². The lowest BCUT2D eigenvalue weighted by Crippen LogP contribution is -2.70. The van der Waals surface area contributed by atoms with Crippen molar-refractivity contribution in [2.24, 2.45) is 0 Å². The molecule has 0 bridgehead atoms. The molecule has 1 aromatic heterocycles. The molecule has 0 aliphatic carbocycles. The largest absolute Gasteiger partial charge is 0.489 e. The Bertz CT molecular complexity index is 2070. The number of nitrogens with zero attached hydrogens (tertiary/aromatic N) is 5. The van der Waals surface area contributed by atoms with Crippen molar-refractivity contribution in [2.75, 3.05) is 0 Å². The van der Waals surface area contributed by atoms with Crippen LogP contribution in [0, 0.1) is 6.92 Å². The number of carbonyl (C=O) groups is 1. The monoisotopic (exact) mass is 692 g/mol. The number of rotatable bonds is 11. The third-order valence-electron chi connectivity index (χ3n) is 10.0. The molecule has 51 heavy (non-hydrogen) atoms. The van der Waals surface area contributed by atoms with Crippen LogP contribution in [0.15, 0.2) is 140 Å². The van der Waals surface area contributed by atoms with Crippen LogP contribution in [-0.4, -0.2) is 47.2 Å². The first kappa shape index (κ1) is 32.9. The predicted octanol–water partition coefficient (Wildman–Crippen LogP) is 7.29. The lowest BCUT2D eigenvalue weighted by Gasteiger charge is -2.49. The first-order chi connectivity index (χ1) is 24.8. The summed E-state index contributed by atoms with van der Waals surface area (Å²) >= 11 is 1.80. The summed E-state index contributed by atoms with van der Waals surface area (Å²) < 4.78 is 7.48. The highest BCUT2D eigenvalue weighted by molar-refractivity contribution is 8.01. The zero-order valence-electron chi connectivity index (χ0n) is 28.9. The minimum absolute atomic E-state index is 0.0425. The molecule has 8 nitrogen and oxygen atoms in total. The Morgan fingerprint density at radius 3 is 1.98 bits per heavy atom. The summed E-state index contributed by atoms with van der Waals surface area (Å²) in [4.78, 5) is 16.5. The van der Waals surface area contributed by atoms with Gasteiger partial charge in [0.1, 0.15) is 29.8 Å². The van der Waals surface area contributed by atoms with Crippen molar-refractivity contribution in [3.63, 3.8) is 0 Å². The maximum atomic E-state index is 14.5. The van der Waals surface area contributed by atoms with Gasteiger partial charge < -0.3 is 9.64 Å². The number of benzene rings is 5. The molecule has 1 N–H and O–H groups in total. The fourth-order valence-electron chi connectivity index (χ4n) is 7.45. The number of aromatic nitrogens is 4. The molecular weight excluding hydrogens is 653 g/mol. The third-order valence-corrected chi connectivity index (χ3v) is 11.6. The van der Waals surface area contributed by atoms with E-state index in [1.54, 1.807) is 11.8 Å². The zero-order chi connectivity index (χ0) is 35.0. The number of nitrogens with one attached hydrogen (secondary N) is 1.